The van der Waals surface area contributed by atoms with Crippen LogP contribution < -0.4 is 5.32 Å². The van der Waals surface area contributed by atoms with Crippen LogP contribution in [0, 0.1) is 6.92 Å². The Hall–Kier alpha value is -2.80. The number of nitrogens with one attached hydrogen (secondary N) is 1. The van der Waals surface area contributed by atoms with Crippen LogP contribution in [0.5, 0.6) is 0 Å². The van der Waals surface area contributed by atoms with Gasteiger partial charge in [0.05, 0.1) is 12.1 Å². The molecule has 0 fully saturated rings. The minimum absolute atomic E-state index is 0.0459. The summed E-state index contributed by atoms with van der Waals surface area (Å²) in [7, 11) is 0. The van der Waals surface area contributed by atoms with Gasteiger partial charge in [0.2, 0.25) is 11.7 Å². The summed E-state index contributed by atoms with van der Waals surface area (Å²) < 4.78 is 27.9. The van der Waals surface area contributed by atoms with Crippen molar-refractivity contribution in [1.29, 1.82) is 0 Å². The molecule has 0 bridgehead atoms. The molecular formula is C20H17ClF2N4O. The Morgan fingerprint density at radius 1 is 1.25 bits per heavy atom. The van der Waals surface area contributed by atoms with Gasteiger partial charge in [-0.05, 0) is 42.7 Å². The summed E-state index contributed by atoms with van der Waals surface area (Å²) in [5.41, 5.74) is 2.55. The number of carbonyl (C=O) groups excluding carboxylic acids is 1. The van der Waals surface area contributed by atoms with Crippen molar-refractivity contribution in [3.05, 3.63) is 76.1 Å². The molecule has 0 amide bonds. The van der Waals surface area contributed by atoms with Gasteiger partial charge in [0, 0.05) is 10.6 Å². The largest absolute Gasteiger partial charge is 0.348 e. The second-order valence-electron chi connectivity index (χ2n) is 6.78. The summed E-state index contributed by atoms with van der Waals surface area (Å²) in [6.45, 7) is 2.01. The number of anilines is 1. The van der Waals surface area contributed by atoms with E-state index in [0.29, 0.717) is 23.0 Å². The number of halogens is 3. The smallest absolute Gasteiger partial charge is 0.300 e. The fourth-order valence-electron chi connectivity index (χ4n) is 3.55. The van der Waals surface area contributed by atoms with Crippen molar-refractivity contribution in [2.24, 2.45) is 0 Å². The number of hydrogen-bond donors (Lipinski definition) is 1. The lowest BCUT2D eigenvalue weighted by molar-refractivity contribution is 0.0676. The first-order valence-electron chi connectivity index (χ1n) is 8.78. The van der Waals surface area contributed by atoms with E-state index in [1.54, 1.807) is 10.7 Å². The van der Waals surface area contributed by atoms with Crippen molar-refractivity contribution < 1.29 is 13.6 Å². The minimum atomic E-state index is -3.09. The number of fused-ring (bicyclic) bond motifs is 1. The van der Waals surface area contributed by atoms with Crippen LogP contribution in [0.25, 0.3) is 0 Å². The van der Waals surface area contributed by atoms with Gasteiger partial charge >= 0.3 is 6.43 Å². The molecule has 8 heteroatoms. The van der Waals surface area contributed by atoms with Crippen LogP contribution in [0.4, 0.5) is 14.7 Å². The van der Waals surface area contributed by atoms with Gasteiger partial charge in [0.25, 0.3) is 0 Å². The lowest BCUT2D eigenvalue weighted by Crippen LogP contribution is -2.29. The van der Waals surface area contributed by atoms with Crippen molar-refractivity contribution in [2.75, 3.05) is 5.32 Å². The average molecular weight is 403 g/mol. The highest BCUT2D eigenvalue weighted by Crippen LogP contribution is 2.39. The molecule has 0 spiro atoms. The fourth-order valence-corrected chi connectivity index (χ4v) is 3.73. The Morgan fingerprint density at radius 2 is 2.00 bits per heavy atom. The van der Waals surface area contributed by atoms with Crippen LogP contribution in [0.2, 0.25) is 5.02 Å². The second-order valence-corrected chi connectivity index (χ2v) is 7.22. The van der Waals surface area contributed by atoms with Crippen molar-refractivity contribution in [1.82, 2.24) is 14.8 Å². The van der Waals surface area contributed by atoms with Gasteiger partial charge in [-0.2, -0.15) is 10.1 Å². The summed E-state index contributed by atoms with van der Waals surface area (Å²) in [5.74, 6) is -0.712. The third-order valence-electron chi connectivity index (χ3n) is 4.95. The summed E-state index contributed by atoms with van der Waals surface area (Å²) in [5, 5.41) is 7.92. The molecule has 0 unspecified atom stereocenters. The minimum Gasteiger partial charge on any atom is -0.348 e. The predicted octanol–water partition coefficient (Wildman–Crippen LogP) is 4.83. The predicted molar refractivity (Wildman–Crippen MR) is 102 cm³/mol. The Kier molecular flexibility index (Phi) is 4.85. The van der Waals surface area contributed by atoms with Crippen LogP contribution >= 0.6 is 11.6 Å². The summed E-state index contributed by atoms with van der Waals surface area (Å²) in [6, 6.07) is 11.8. The van der Waals surface area contributed by atoms with E-state index in [0.717, 1.165) is 11.1 Å². The molecule has 0 saturated heterocycles. The lowest BCUT2D eigenvalue weighted by atomic mass is 9.89. The van der Waals surface area contributed by atoms with E-state index < -0.39 is 18.3 Å². The molecule has 1 aliphatic heterocycles. The van der Waals surface area contributed by atoms with E-state index >= 15 is 0 Å². The van der Waals surface area contributed by atoms with Crippen LogP contribution in [0.3, 0.4) is 0 Å². The summed E-state index contributed by atoms with van der Waals surface area (Å²) in [6.07, 6.45) is -1.19. The molecule has 2 aromatic carbocycles. The first-order valence-corrected chi connectivity index (χ1v) is 9.16. The topological polar surface area (TPSA) is 59.8 Å². The van der Waals surface area contributed by atoms with Gasteiger partial charge in [0.15, 0.2) is 0 Å². The molecule has 0 radical (unpaired) electrons. The molecule has 2 atom stereocenters. The standard InChI is InChI=1S/C20H17ClF2N4O/c1-11-2-4-12(5-3-11)16-9-17(27-20(26-16)24-10-25-27)15-8-13(21)6-7-14(15)18(28)19(22)23/h2-8,10,16-17,19H,9H2,1H3,(H,24,25,26)/t16-,17-/m1/s1. The molecule has 3 aromatic rings. The Labute approximate surface area is 165 Å². The Bertz CT molecular complexity index is 1020. The molecule has 1 N–H and O–H groups in total. The van der Waals surface area contributed by atoms with Gasteiger partial charge in [-0.1, -0.05) is 41.4 Å². The normalized spacial score (nSPS) is 18.6. The van der Waals surface area contributed by atoms with E-state index in [1.807, 2.05) is 31.2 Å². The van der Waals surface area contributed by atoms with Crippen LogP contribution in [0.1, 0.15) is 45.6 Å². The molecule has 1 aliphatic rings. The molecule has 1 aromatic heterocycles. The van der Waals surface area contributed by atoms with E-state index in [4.69, 9.17) is 11.6 Å². The molecule has 0 aliphatic carbocycles. The maximum absolute atomic E-state index is 13.1. The SMILES string of the molecule is Cc1ccc([C@H]2C[C@H](c3cc(Cl)ccc3C(=O)C(F)F)n3ncnc3N2)cc1. The molecule has 144 valence electrons. The highest BCUT2D eigenvalue weighted by Gasteiger charge is 2.33. The van der Waals surface area contributed by atoms with Gasteiger partial charge in [-0.3, -0.25) is 4.79 Å². The molecule has 28 heavy (non-hydrogen) atoms. The van der Waals surface area contributed by atoms with Crippen molar-refractivity contribution in [3.63, 3.8) is 0 Å². The number of alkyl halides is 2. The summed E-state index contributed by atoms with van der Waals surface area (Å²) >= 11 is 6.13. The monoisotopic (exact) mass is 402 g/mol. The summed E-state index contributed by atoms with van der Waals surface area (Å²) in [4.78, 5) is 16.3. The van der Waals surface area contributed by atoms with Gasteiger partial charge in [0.1, 0.15) is 6.33 Å². The number of ketones is 1. The number of benzene rings is 2. The number of nitrogens with zero attached hydrogens (tertiary/aromatic N) is 3. The van der Waals surface area contributed by atoms with Gasteiger partial charge < -0.3 is 5.32 Å². The first-order chi connectivity index (χ1) is 13.4. The Morgan fingerprint density at radius 3 is 2.71 bits per heavy atom. The average Bonchev–Trinajstić information content (AvgIpc) is 3.16. The lowest BCUT2D eigenvalue weighted by Gasteiger charge is -2.32. The van der Waals surface area contributed by atoms with Gasteiger partial charge in [-0.25, -0.2) is 13.5 Å². The van der Waals surface area contributed by atoms with E-state index in [-0.39, 0.29) is 11.6 Å². The highest BCUT2D eigenvalue weighted by molar-refractivity contribution is 6.30. The zero-order valence-corrected chi connectivity index (χ0v) is 15.7. The van der Waals surface area contributed by atoms with Crippen molar-refractivity contribution in [3.8, 4) is 0 Å². The number of rotatable bonds is 4. The zero-order valence-electron chi connectivity index (χ0n) is 14.9. The van der Waals surface area contributed by atoms with Crippen molar-refractivity contribution >= 4 is 23.3 Å². The quantitative estimate of drug-likeness (QED) is 0.635. The number of hydrogen-bond acceptors (Lipinski definition) is 4. The van der Waals surface area contributed by atoms with Crippen molar-refractivity contribution in [2.45, 2.75) is 31.9 Å². The molecular weight excluding hydrogens is 386 g/mol. The third kappa shape index (κ3) is 3.38. The van der Waals surface area contributed by atoms with Crippen LogP contribution in [-0.4, -0.2) is 27.0 Å². The molecule has 2 heterocycles. The van der Waals surface area contributed by atoms with E-state index in [1.165, 1.54) is 18.5 Å². The number of carbonyl (C=O) groups is 1. The maximum atomic E-state index is 13.1. The van der Waals surface area contributed by atoms with Crippen LogP contribution in [0.15, 0.2) is 48.8 Å². The van der Waals surface area contributed by atoms with E-state index in [2.05, 4.69) is 15.4 Å². The van der Waals surface area contributed by atoms with Gasteiger partial charge in [-0.15, -0.1) is 0 Å². The molecule has 0 saturated carbocycles. The fraction of sp³-hybridized carbons (Fsp3) is 0.250. The maximum Gasteiger partial charge on any atom is 0.300 e. The first kappa shape index (κ1) is 18.6. The van der Waals surface area contributed by atoms with Crippen LogP contribution in [-0.2, 0) is 0 Å². The second kappa shape index (κ2) is 7.31. The zero-order chi connectivity index (χ0) is 19.8. The van der Waals surface area contributed by atoms with E-state index in [9.17, 15) is 13.6 Å². The number of aromatic nitrogens is 3. The highest BCUT2D eigenvalue weighted by atomic mass is 35.5. The number of aryl methyl sites for hydroxylation is 1. The molecule has 5 nitrogen and oxygen atoms in total. The number of Topliss-reactive ketones (excluding diaryl/α,β-unsaturated/α-hetero) is 1. The molecule has 4 rings (SSSR count). The third-order valence-corrected chi connectivity index (χ3v) is 5.18. The Balaban J connectivity index is 1.80.